The van der Waals surface area contributed by atoms with Gasteiger partial charge in [-0.05, 0) is 53.9 Å². The lowest BCUT2D eigenvalue weighted by Gasteiger charge is -2.49. The molecule has 4 heteroatoms. The molecule has 0 N–H and O–H groups in total. The fourth-order valence-electron chi connectivity index (χ4n) is 6.13. The Balaban J connectivity index is 1.76. The maximum absolute atomic E-state index is 13.8. The van der Waals surface area contributed by atoms with Gasteiger partial charge in [-0.2, -0.15) is 0 Å². The van der Waals surface area contributed by atoms with Crippen LogP contribution in [0.15, 0.2) is 71.1 Å². The molecule has 1 heterocycles. The molecule has 0 unspecified atom stereocenters. The number of allylic oxidation sites excluding steroid dienone is 4. The number of hydrogen-bond donors (Lipinski definition) is 0. The van der Waals surface area contributed by atoms with Gasteiger partial charge < -0.3 is 4.90 Å². The first-order valence-electron chi connectivity index (χ1n) is 12.6. The minimum atomic E-state index is -0.347. The number of aryl methyl sites for hydroxylation is 1. The van der Waals surface area contributed by atoms with Crippen LogP contribution >= 0.6 is 11.6 Å². The van der Waals surface area contributed by atoms with E-state index in [0.717, 1.165) is 40.9 Å². The van der Waals surface area contributed by atoms with Crippen molar-refractivity contribution in [2.75, 3.05) is 0 Å². The Kier molecular flexibility index (Phi) is 5.83. The van der Waals surface area contributed by atoms with E-state index in [4.69, 9.17) is 11.6 Å². The first-order valence-corrected chi connectivity index (χ1v) is 12.9. The third-order valence-electron chi connectivity index (χ3n) is 7.67. The highest BCUT2D eigenvalue weighted by Crippen LogP contribution is 2.54. The number of carbonyl (C=O) groups excluding carboxylic acids is 2. The van der Waals surface area contributed by atoms with Gasteiger partial charge in [-0.25, -0.2) is 0 Å². The number of carbonyl (C=O) groups is 2. The predicted molar refractivity (Wildman–Crippen MR) is 141 cm³/mol. The molecule has 0 radical (unpaired) electrons. The van der Waals surface area contributed by atoms with Crippen LogP contribution in [-0.2, 0) is 16.1 Å². The van der Waals surface area contributed by atoms with Crippen LogP contribution in [0.3, 0.4) is 0 Å². The minimum absolute atomic E-state index is 0.132. The molecule has 0 atom stereocenters. The summed E-state index contributed by atoms with van der Waals surface area (Å²) in [5.41, 5.74) is 6.84. The van der Waals surface area contributed by atoms with Crippen molar-refractivity contribution in [1.29, 1.82) is 0 Å². The van der Waals surface area contributed by atoms with E-state index in [-0.39, 0.29) is 28.3 Å². The van der Waals surface area contributed by atoms with Gasteiger partial charge in [-0.1, -0.05) is 81.3 Å². The van der Waals surface area contributed by atoms with Crippen molar-refractivity contribution in [3.63, 3.8) is 0 Å². The Hall–Kier alpha value is -2.65. The molecule has 3 nitrogen and oxygen atoms in total. The number of rotatable bonds is 3. The zero-order chi connectivity index (χ0) is 25.1. The van der Waals surface area contributed by atoms with Gasteiger partial charge >= 0.3 is 0 Å². The second kappa shape index (κ2) is 8.48. The van der Waals surface area contributed by atoms with Crippen LogP contribution in [0.25, 0.3) is 0 Å². The van der Waals surface area contributed by atoms with Crippen molar-refractivity contribution < 1.29 is 9.59 Å². The predicted octanol–water partition coefficient (Wildman–Crippen LogP) is 7.53. The Morgan fingerprint density at radius 3 is 1.89 bits per heavy atom. The van der Waals surface area contributed by atoms with Crippen molar-refractivity contribution in [2.45, 2.75) is 72.8 Å². The van der Waals surface area contributed by atoms with E-state index >= 15 is 0 Å². The third kappa shape index (κ3) is 4.51. The normalized spacial score (nSPS) is 21.8. The lowest BCUT2D eigenvalue weighted by molar-refractivity contribution is -0.119. The molecule has 0 fully saturated rings. The number of benzene rings is 2. The average Bonchev–Trinajstić information content (AvgIpc) is 2.74. The lowest BCUT2D eigenvalue weighted by Crippen LogP contribution is -2.44. The molecule has 35 heavy (non-hydrogen) atoms. The zero-order valence-electron chi connectivity index (χ0n) is 21.4. The molecule has 0 bridgehead atoms. The molecule has 2 aromatic carbocycles. The molecule has 0 amide bonds. The average molecular weight is 488 g/mol. The van der Waals surface area contributed by atoms with Crippen molar-refractivity contribution in [1.82, 2.24) is 4.90 Å². The molecular formula is C31H34ClNO2. The molecule has 3 aliphatic rings. The standard InChI is InChI=1S/C31H34ClNO2/c1-19-9-11-20(12-10-19)18-33-23-14-30(2,3)16-25(34)28(23)27(21-7-6-8-22(32)13-21)29-24(33)15-31(4,5)17-26(29)35/h6-13,27H,14-18H2,1-5H3. The van der Waals surface area contributed by atoms with E-state index in [2.05, 4.69) is 63.8 Å². The van der Waals surface area contributed by atoms with E-state index in [1.165, 1.54) is 11.1 Å². The molecule has 0 saturated carbocycles. The summed E-state index contributed by atoms with van der Waals surface area (Å²) >= 11 is 6.41. The Bertz CT molecular complexity index is 1230. The van der Waals surface area contributed by atoms with E-state index < -0.39 is 0 Å². The molecule has 5 rings (SSSR count). The maximum Gasteiger partial charge on any atom is 0.162 e. The highest BCUT2D eigenvalue weighted by atomic mass is 35.5. The topological polar surface area (TPSA) is 37.4 Å². The van der Waals surface area contributed by atoms with Crippen LogP contribution in [0.4, 0.5) is 0 Å². The van der Waals surface area contributed by atoms with Gasteiger partial charge in [-0.3, -0.25) is 9.59 Å². The van der Waals surface area contributed by atoms with Gasteiger partial charge in [0.05, 0.1) is 0 Å². The SMILES string of the molecule is Cc1ccc(CN2C3=C(C(=O)CC(C)(C)C3)C(c3cccc(Cl)c3)C3=C2CC(C)(C)CC3=O)cc1. The van der Waals surface area contributed by atoms with Gasteiger partial charge in [0.25, 0.3) is 0 Å². The summed E-state index contributed by atoms with van der Waals surface area (Å²) in [6.45, 7) is 11.4. The summed E-state index contributed by atoms with van der Waals surface area (Å²) in [5.74, 6) is -0.0428. The zero-order valence-corrected chi connectivity index (χ0v) is 22.1. The van der Waals surface area contributed by atoms with Gasteiger partial charge in [0, 0.05) is 52.9 Å². The molecule has 1 aliphatic heterocycles. The second-order valence-electron chi connectivity index (χ2n) is 12.2. The van der Waals surface area contributed by atoms with Crippen molar-refractivity contribution in [2.24, 2.45) is 10.8 Å². The summed E-state index contributed by atoms with van der Waals surface area (Å²) in [4.78, 5) is 30.0. The van der Waals surface area contributed by atoms with Gasteiger partial charge in [0.15, 0.2) is 11.6 Å². The quantitative estimate of drug-likeness (QED) is 0.448. The molecular weight excluding hydrogens is 454 g/mol. The van der Waals surface area contributed by atoms with E-state index in [1.807, 2.05) is 24.3 Å². The first-order chi connectivity index (χ1) is 16.4. The molecule has 0 spiro atoms. The van der Waals surface area contributed by atoms with Crippen LogP contribution in [0.5, 0.6) is 0 Å². The summed E-state index contributed by atoms with van der Waals surface area (Å²) < 4.78 is 0. The van der Waals surface area contributed by atoms with Gasteiger partial charge in [0.1, 0.15) is 0 Å². The van der Waals surface area contributed by atoms with Crippen molar-refractivity contribution in [3.05, 3.63) is 92.8 Å². The van der Waals surface area contributed by atoms with E-state index in [0.29, 0.717) is 24.4 Å². The third-order valence-corrected chi connectivity index (χ3v) is 7.90. The molecule has 2 aromatic rings. The number of hydrogen-bond acceptors (Lipinski definition) is 3. The maximum atomic E-state index is 13.8. The molecule has 2 aliphatic carbocycles. The molecule has 0 saturated heterocycles. The van der Waals surface area contributed by atoms with Crippen LogP contribution < -0.4 is 0 Å². The highest BCUT2D eigenvalue weighted by molar-refractivity contribution is 6.30. The molecule has 182 valence electrons. The summed E-state index contributed by atoms with van der Waals surface area (Å²) in [7, 11) is 0. The van der Waals surface area contributed by atoms with Crippen LogP contribution in [0, 0.1) is 17.8 Å². The van der Waals surface area contributed by atoms with Crippen LogP contribution in [0.1, 0.15) is 76.0 Å². The van der Waals surface area contributed by atoms with Gasteiger partial charge in [0.2, 0.25) is 0 Å². The number of halogens is 1. The largest absolute Gasteiger partial charge is 0.343 e. The Labute approximate surface area is 213 Å². The Morgan fingerprint density at radius 1 is 0.829 bits per heavy atom. The molecule has 0 aromatic heterocycles. The van der Waals surface area contributed by atoms with E-state index in [9.17, 15) is 9.59 Å². The number of Topliss-reactive ketones (excluding diaryl/α,β-unsaturated/α-hetero) is 2. The second-order valence-corrected chi connectivity index (χ2v) is 12.6. The number of ketones is 2. The van der Waals surface area contributed by atoms with Gasteiger partial charge in [-0.15, -0.1) is 0 Å². The minimum Gasteiger partial charge on any atom is -0.343 e. The highest BCUT2D eigenvalue weighted by Gasteiger charge is 2.48. The Morgan fingerprint density at radius 2 is 1.37 bits per heavy atom. The van der Waals surface area contributed by atoms with Crippen LogP contribution in [-0.4, -0.2) is 16.5 Å². The summed E-state index contributed by atoms with van der Waals surface area (Å²) in [5, 5.41) is 0.626. The fourth-order valence-corrected chi connectivity index (χ4v) is 6.33. The van der Waals surface area contributed by atoms with Crippen LogP contribution in [0.2, 0.25) is 5.02 Å². The monoisotopic (exact) mass is 487 g/mol. The van der Waals surface area contributed by atoms with Crippen molar-refractivity contribution >= 4 is 23.2 Å². The van der Waals surface area contributed by atoms with Crippen molar-refractivity contribution in [3.8, 4) is 0 Å². The fraction of sp³-hybridized carbons (Fsp3) is 0.419. The van der Waals surface area contributed by atoms with E-state index in [1.54, 1.807) is 0 Å². The lowest BCUT2D eigenvalue weighted by atomic mass is 9.63. The smallest absolute Gasteiger partial charge is 0.162 e. The summed E-state index contributed by atoms with van der Waals surface area (Å²) in [6.07, 6.45) is 2.60. The summed E-state index contributed by atoms with van der Waals surface area (Å²) in [6, 6.07) is 16.3. The number of nitrogens with zero attached hydrogens (tertiary/aromatic N) is 1. The first kappa shape index (κ1) is 24.1.